The van der Waals surface area contributed by atoms with Crippen molar-refractivity contribution in [2.45, 2.75) is 52.1 Å². The Balaban J connectivity index is 2.37. The molecule has 76 valence electrons. The van der Waals surface area contributed by atoms with Crippen LogP contribution in [0, 0.1) is 11.8 Å². The van der Waals surface area contributed by atoms with Gasteiger partial charge in [-0.1, -0.05) is 19.9 Å². The lowest BCUT2D eigenvalue weighted by molar-refractivity contribution is 0.223. The van der Waals surface area contributed by atoms with Gasteiger partial charge in [0.15, 0.2) is 0 Å². The first-order chi connectivity index (χ1) is 6.13. The Bertz CT molecular complexity index is 165. The van der Waals surface area contributed by atoms with Gasteiger partial charge in [0.1, 0.15) is 0 Å². The maximum Gasteiger partial charge on any atom is 0.0221 e. The Hall–Kier alpha value is -0.300. The van der Waals surface area contributed by atoms with Gasteiger partial charge in [-0.05, 0) is 38.0 Å². The maximum atomic E-state index is 3.80. The van der Waals surface area contributed by atoms with E-state index in [1.54, 1.807) is 0 Å². The quantitative estimate of drug-likeness (QED) is 0.660. The molecule has 0 saturated heterocycles. The van der Waals surface area contributed by atoms with Gasteiger partial charge in [-0.25, -0.2) is 0 Å². The van der Waals surface area contributed by atoms with Gasteiger partial charge >= 0.3 is 0 Å². The summed E-state index contributed by atoms with van der Waals surface area (Å²) in [4.78, 5) is 0. The maximum absolute atomic E-state index is 3.80. The van der Waals surface area contributed by atoms with Crippen LogP contribution in [-0.4, -0.2) is 12.1 Å². The van der Waals surface area contributed by atoms with Crippen LogP contribution >= 0.6 is 0 Å². The van der Waals surface area contributed by atoms with E-state index in [4.69, 9.17) is 0 Å². The van der Waals surface area contributed by atoms with Gasteiger partial charge in [0.05, 0.1) is 0 Å². The lowest BCUT2D eigenvalue weighted by Gasteiger charge is -2.34. The number of hydrogen-bond donors (Lipinski definition) is 1. The van der Waals surface area contributed by atoms with Crippen molar-refractivity contribution < 1.29 is 0 Å². The summed E-state index contributed by atoms with van der Waals surface area (Å²) in [5.41, 5.74) is 0. The molecule has 1 fully saturated rings. The van der Waals surface area contributed by atoms with Crippen LogP contribution in [0.1, 0.15) is 40.0 Å². The predicted molar refractivity (Wildman–Crippen MR) is 58.8 cm³/mol. The molecule has 1 aliphatic carbocycles. The molecule has 0 heterocycles. The van der Waals surface area contributed by atoms with E-state index in [1.165, 1.54) is 19.3 Å². The summed E-state index contributed by atoms with van der Waals surface area (Å²) < 4.78 is 0. The summed E-state index contributed by atoms with van der Waals surface area (Å²) >= 11 is 0. The summed E-state index contributed by atoms with van der Waals surface area (Å²) in [5.74, 6) is 1.75. The van der Waals surface area contributed by atoms with Crippen LogP contribution in [0.15, 0.2) is 12.7 Å². The fourth-order valence-electron chi connectivity index (χ4n) is 2.32. The SMILES string of the molecule is C=CC(C)NC1CCC(C)CC1C. The molecule has 0 bridgehead atoms. The molecule has 1 aliphatic rings. The molecule has 13 heavy (non-hydrogen) atoms. The van der Waals surface area contributed by atoms with Crippen molar-refractivity contribution in [2.75, 3.05) is 0 Å². The predicted octanol–water partition coefficient (Wildman–Crippen LogP) is 2.98. The van der Waals surface area contributed by atoms with Crippen molar-refractivity contribution in [3.05, 3.63) is 12.7 Å². The second-order valence-corrected chi connectivity index (χ2v) is 4.69. The molecular formula is C12H23N. The molecule has 1 nitrogen and oxygen atoms in total. The smallest absolute Gasteiger partial charge is 0.0221 e. The summed E-state index contributed by atoms with van der Waals surface area (Å²) in [5, 5.41) is 3.62. The third-order valence-electron chi connectivity index (χ3n) is 3.26. The van der Waals surface area contributed by atoms with Crippen molar-refractivity contribution in [2.24, 2.45) is 11.8 Å². The molecule has 1 heteroatoms. The highest BCUT2D eigenvalue weighted by Gasteiger charge is 2.25. The fourth-order valence-corrected chi connectivity index (χ4v) is 2.32. The zero-order valence-electron chi connectivity index (χ0n) is 9.22. The van der Waals surface area contributed by atoms with E-state index in [0.717, 1.165) is 11.8 Å². The minimum Gasteiger partial charge on any atom is -0.308 e. The minimum absolute atomic E-state index is 0.459. The van der Waals surface area contributed by atoms with E-state index >= 15 is 0 Å². The molecule has 0 aliphatic heterocycles. The van der Waals surface area contributed by atoms with Gasteiger partial charge in [0.2, 0.25) is 0 Å². The average Bonchev–Trinajstić information content (AvgIpc) is 2.09. The zero-order chi connectivity index (χ0) is 9.84. The van der Waals surface area contributed by atoms with Gasteiger partial charge in [0, 0.05) is 12.1 Å². The summed E-state index contributed by atoms with van der Waals surface area (Å²) in [6.45, 7) is 10.7. The molecule has 1 saturated carbocycles. The lowest BCUT2D eigenvalue weighted by atomic mass is 9.79. The highest BCUT2D eigenvalue weighted by molar-refractivity contribution is 4.88. The monoisotopic (exact) mass is 181 g/mol. The lowest BCUT2D eigenvalue weighted by Crippen LogP contribution is -2.42. The van der Waals surface area contributed by atoms with Crippen molar-refractivity contribution in [1.82, 2.24) is 5.32 Å². The fraction of sp³-hybridized carbons (Fsp3) is 0.833. The Kier molecular flexibility index (Phi) is 3.98. The van der Waals surface area contributed by atoms with Crippen LogP contribution in [-0.2, 0) is 0 Å². The van der Waals surface area contributed by atoms with Gasteiger partial charge in [-0.15, -0.1) is 6.58 Å². The first-order valence-corrected chi connectivity index (χ1v) is 5.52. The molecule has 0 aromatic rings. The van der Waals surface area contributed by atoms with Gasteiger partial charge in [0.25, 0.3) is 0 Å². The Morgan fingerprint density at radius 3 is 2.62 bits per heavy atom. The molecule has 0 amide bonds. The number of rotatable bonds is 3. The highest BCUT2D eigenvalue weighted by atomic mass is 14.9. The van der Waals surface area contributed by atoms with E-state index in [0.29, 0.717) is 12.1 Å². The standard InChI is InChI=1S/C12H23N/c1-5-11(4)13-12-7-6-9(2)8-10(12)3/h5,9-13H,1,6-8H2,2-4H3. The van der Waals surface area contributed by atoms with Crippen LogP contribution in [0.3, 0.4) is 0 Å². The van der Waals surface area contributed by atoms with Crippen LogP contribution < -0.4 is 5.32 Å². The molecule has 0 aromatic heterocycles. The second-order valence-electron chi connectivity index (χ2n) is 4.69. The van der Waals surface area contributed by atoms with E-state index in [1.807, 2.05) is 6.08 Å². The highest BCUT2D eigenvalue weighted by Crippen LogP contribution is 2.28. The molecular weight excluding hydrogens is 158 g/mol. The topological polar surface area (TPSA) is 12.0 Å². The van der Waals surface area contributed by atoms with Crippen molar-refractivity contribution in [3.8, 4) is 0 Å². The first-order valence-electron chi connectivity index (χ1n) is 5.52. The normalized spacial score (nSPS) is 37.0. The summed E-state index contributed by atoms with van der Waals surface area (Å²) in [6.07, 6.45) is 6.08. The Morgan fingerprint density at radius 2 is 2.08 bits per heavy atom. The van der Waals surface area contributed by atoms with Gasteiger partial charge in [-0.3, -0.25) is 0 Å². The second kappa shape index (κ2) is 4.80. The van der Waals surface area contributed by atoms with E-state index < -0.39 is 0 Å². The Labute approximate surface area is 82.6 Å². The first kappa shape index (κ1) is 10.8. The van der Waals surface area contributed by atoms with Gasteiger partial charge < -0.3 is 5.32 Å². The number of nitrogens with one attached hydrogen (secondary N) is 1. The number of hydrogen-bond acceptors (Lipinski definition) is 1. The van der Waals surface area contributed by atoms with Gasteiger partial charge in [-0.2, -0.15) is 0 Å². The van der Waals surface area contributed by atoms with Crippen molar-refractivity contribution in [3.63, 3.8) is 0 Å². The summed E-state index contributed by atoms with van der Waals surface area (Å²) in [6, 6.07) is 1.17. The van der Waals surface area contributed by atoms with Crippen LogP contribution in [0.2, 0.25) is 0 Å². The third-order valence-corrected chi connectivity index (χ3v) is 3.26. The zero-order valence-corrected chi connectivity index (χ0v) is 9.22. The third kappa shape index (κ3) is 3.15. The van der Waals surface area contributed by atoms with Crippen molar-refractivity contribution in [1.29, 1.82) is 0 Å². The molecule has 1 rings (SSSR count). The molecule has 0 spiro atoms. The van der Waals surface area contributed by atoms with Crippen LogP contribution in [0.4, 0.5) is 0 Å². The minimum atomic E-state index is 0.459. The van der Waals surface area contributed by atoms with E-state index in [9.17, 15) is 0 Å². The Morgan fingerprint density at radius 1 is 1.38 bits per heavy atom. The van der Waals surface area contributed by atoms with Crippen molar-refractivity contribution >= 4 is 0 Å². The molecule has 0 aromatic carbocycles. The van der Waals surface area contributed by atoms with E-state index in [-0.39, 0.29) is 0 Å². The largest absolute Gasteiger partial charge is 0.308 e. The van der Waals surface area contributed by atoms with E-state index in [2.05, 4.69) is 32.7 Å². The summed E-state index contributed by atoms with van der Waals surface area (Å²) in [7, 11) is 0. The van der Waals surface area contributed by atoms with Crippen LogP contribution in [0.25, 0.3) is 0 Å². The van der Waals surface area contributed by atoms with Crippen LogP contribution in [0.5, 0.6) is 0 Å². The molecule has 4 unspecified atom stereocenters. The molecule has 0 radical (unpaired) electrons. The molecule has 1 N–H and O–H groups in total. The molecule has 4 atom stereocenters. The average molecular weight is 181 g/mol.